The van der Waals surface area contributed by atoms with E-state index in [2.05, 4.69) is 28.4 Å². The Morgan fingerprint density at radius 1 is 0.957 bits per heavy atom. The third-order valence-electron chi connectivity index (χ3n) is 4.43. The summed E-state index contributed by atoms with van der Waals surface area (Å²) in [6.45, 7) is 3.36. The number of rotatable bonds is 5. The van der Waals surface area contributed by atoms with Crippen molar-refractivity contribution in [2.75, 3.05) is 18.4 Å². The van der Waals surface area contributed by atoms with Crippen LogP contribution in [0.25, 0.3) is 0 Å². The monoisotopic (exact) mass is 312 g/mol. The van der Waals surface area contributed by atoms with Crippen molar-refractivity contribution in [2.45, 2.75) is 32.0 Å². The summed E-state index contributed by atoms with van der Waals surface area (Å²) in [5, 5.41) is 22.9. The van der Waals surface area contributed by atoms with E-state index in [1.807, 2.05) is 24.3 Å². The second-order valence-corrected chi connectivity index (χ2v) is 6.15. The van der Waals surface area contributed by atoms with Crippen LogP contribution in [0.4, 0.5) is 5.69 Å². The minimum atomic E-state index is -0.138. The summed E-state index contributed by atoms with van der Waals surface area (Å²) in [4.78, 5) is 2.38. The number of hydrogen-bond donors (Lipinski definition) is 3. The summed E-state index contributed by atoms with van der Waals surface area (Å²) in [5.74, 6) is 0.322. The maximum Gasteiger partial charge on any atom is 0.120 e. The predicted octanol–water partition coefficient (Wildman–Crippen LogP) is 2.96. The topological polar surface area (TPSA) is 55.7 Å². The summed E-state index contributed by atoms with van der Waals surface area (Å²) in [7, 11) is 0. The lowest BCUT2D eigenvalue weighted by molar-refractivity contribution is 0.0793. The molecule has 0 atom stereocenters. The van der Waals surface area contributed by atoms with Crippen molar-refractivity contribution in [2.24, 2.45) is 0 Å². The average molecular weight is 312 g/mol. The van der Waals surface area contributed by atoms with Crippen LogP contribution in [0.15, 0.2) is 48.5 Å². The van der Waals surface area contributed by atoms with Crippen LogP contribution in [0.5, 0.6) is 5.75 Å². The molecule has 0 saturated carbocycles. The van der Waals surface area contributed by atoms with Gasteiger partial charge in [-0.15, -0.1) is 0 Å². The third kappa shape index (κ3) is 4.24. The number of benzene rings is 2. The number of nitrogens with zero attached hydrogens (tertiary/aromatic N) is 1. The Balaban J connectivity index is 1.65. The molecule has 1 fully saturated rings. The van der Waals surface area contributed by atoms with Crippen molar-refractivity contribution in [3.63, 3.8) is 0 Å². The van der Waals surface area contributed by atoms with Crippen molar-refractivity contribution >= 4 is 5.69 Å². The minimum absolute atomic E-state index is 0.138. The van der Waals surface area contributed by atoms with Crippen LogP contribution in [-0.4, -0.2) is 34.3 Å². The fourth-order valence-corrected chi connectivity index (χ4v) is 3.00. The SMILES string of the molecule is Oc1ccccc1CNc1ccccc1CN1CCC(O)CC1. The Morgan fingerprint density at radius 3 is 2.35 bits per heavy atom. The summed E-state index contributed by atoms with van der Waals surface area (Å²) in [5.41, 5.74) is 3.24. The van der Waals surface area contributed by atoms with Gasteiger partial charge in [-0.3, -0.25) is 4.90 Å². The second kappa shape index (κ2) is 7.49. The van der Waals surface area contributed by atoms with Gasteiger partial charge in [-0.1, -0.05) is 36.4 Å². The zero-order valence-electron chi connectivity index (χ0n) is 13.3. The first-order chi connectivity index (χ1) is 11.2. The Labute approximate surface area is 137 Å². The highest BCUT2D eigenvalue weighted by Crippen LogP contribution is 2.22. The van der Waals surface area contributed by atoms with Crippen LogP contribution in [0.2, 0.25) is 0 Å². The van der Waals surface area contributed by atoms with Crippen LogP contribution in [0, 0.1) is 0 Å². The molecule has 1 heterocycles. The Bertz CT molecular complexity index is 637. The lowest BCUT2D eigenvalue weighted by Gasteiger charge is -2.30. The van der Waals surface area contributed by atoms with Crippen LogP contribution in [0.1, 0.15) is 24.0 Å². The van der Waals surface area contributed by atoms with Crippen molar-refractivity contribution in [3.8, 4) is 5.75 Å². The molecule has 0 amide bonds. The summed E-state index contributed by atoms with van der Waals surface area (Å²) in [6.07, 6.45) is 1.57. The van der Waals surface area contributed by atoms with Gasteiger partial charge in [-0.25, -0.2) is 0 Å². The first-order valence-electron chi connectivity index (χ1n) is 8.21. The van der Waals surface area contributed by atoms with E-state index in [1.54, 1.807) is 6.07 Å². The number of anilines is 1. The van der Waals surface area contributed by atoms with E-state index >= 15 is 0 Å². The van der Waals surface area contributed by atoms with E-state index in [9.17, 15) is 10.2 Å². The molecule has 122 valence electrons. The summed E-state index contributed by atoms with van der Waals surface area (Å²) >= 11 is 0. The van der Waals surface area contributed by atoms with Gasteiger partial charge in [0, 0.05) is 37.4 Å². The molecule has 2 aromatic carbocycles. The van der Waals surface area contributed by atoms with E-state index in [0.717, 1.165) is 43.7 Å². The van der Waals surface area contributed by atoms with Gasteiger partial charge in [0.15, 0.2) is 0 Å². The number of aromatic hydroxyl groups is 1. The number of likely N-dealkylation sites (tertiary alicyclic amines) is 1. The number of para-hydroxylation sites is 2. The molecule has 23 heavy (non-hydrogen) atoms. The van der Waals surface area contributed by atoms with E-state index in [0.29, 0.717) is 12.3 Å². The summed E-state index contributed by atoms with van der Waals surface area (Å²) < 4.78 is 0. The van der Waals surface area contributed by atoms with Gasteiger partial charge in [0.2, 0.25) is 0 Å². The van der Waals surface area contributed by atoms with E-state index in [-0.39, 0.29) is 6.10 Å². The highest BCUT2D eigenvalue weighted by molar-refractivity contribution is 5.52. The zero-order chi connectivity index (χ0) is 16.1. The molecule has 1 aliphatic rings. The first kappa shape index (κ1) is 15.8. The predicted molar refractivity (Wildman–Crippen MR) is 92.4 cm³/mol. The van der Waals surface area contributed by atoms with Crippen molar-refractivity contribution in [1.82, 2.24) is 4.90 Å². The molecule has 0 aliphatic carbocycles. The lowest BCUT2D eigenvalue weighted by atomic mass is 10.1. The second-order valence-electron chi connectivity index (χ2n) is 6.15. The number of piperidine rings is 1. The number of nitrogens with one attached hydrogen (secondary N) is 1. The van der Waals surface area contributed by atoms with Crippen LogP contribution in [0.3, 0.4) is 0 Å². The number of aliphatic hydroxyl groups excluding tert-OH is 1. The van der Waals surface area contributed by atoms with E-state index in [4.69, 9.17) is 0 Å². The van der Waals surface area contributed by atoms with Gasteiger partial charge >= 0.3 is 0 Å². The Morgan fingerprint density at radius 2 is 1.61 bits per heavy atom. The Hall–Kier alpha value is -2.04. The fraction of sp³-hybridized carbons (Fsp3) is 0.368. The van der Waals surface area contributed by atoms with E-state index < -0.39 is 0 Å². The molecule has 1 aliphatic heterocycles. The molecular formula is C19H24N2O2. The van der Waals surface area contributed by atoms with Gasteiger partial charge in [0.1, 0.15) is 5.75 Å². The smallest absolute Gasteiger partial charge is 0.120 e. The molecule has 4 heteroatoms. The van der Waals surface area contributed by atoms with Gasteiger partial charge in [0.05, 0.1) is 6.10 Å². The molecule has 1 saturated heterocycles. The summed E-state index contributed by atoms with van der Waals surface area (Å²) in [6, 6.07) is 15.7. The van der Waals surface area contributed by atoms with Crippen LogP contribution < -0.4 is 5.32 Å². The van der Waals surface area contributed by atoms with E-state index in [1.165, 1.54) is 5.56 Å². The number of hydrogen-bond acceptors (Lipinski definition) is 4. The van der Waals surface area contributed by atoms with Crippen molar-refractivity contribution in [1.29, 1.82) is 0 Å². The molecule has 0 bridgehead atoms. The molecule has 0 radical (unpaired) electrons. The largest absolute Gasteiger partial charge is 0.508 e. The van der Waals surface area contributed by atoms with Crippen molar-refractivity contribution < 1.29 is 10.2 Å². The molecule has 0 aromatic heterocycles. The van der Waals surface area contributed by atoms with Gasteiger partial charge in [-0.05, 0) is 30.5 Å². The maximum absolute atomic E-state index is 9.87. The molecular weight excluding hydrogens is 288 g/mol. The third-order valence-corrected chi connectivity index (χ3v) is 4.43. The Kier molecular flexibility index (Phi) is 5.16. The highest BCUT2D eigenvalue weighted by Gasteiger charge is 2.17. The standard InChI is InChI=1S/C19H24N2O2/c22-17-9-11-21(12-10-17)14-16-6-1-3-7-18(16)20-13-15-5-2-4-8-19(15)23/h1-8,17,20,22-23H,9-14H2. The molecule has 2 aromatic rings. The zero-order valence-corrected chi connectivity index (χ0v) is 13.3. The number of phenols is 1. The van der Waals surface area contributed by atoms with Crippen LogP contribution >= 0.6 is 0 Å². The molecule has 4 nitrogen and oxygen atoms in total. The first-order valence-corrected chi connectivity index (χ1v) is 8.21. The van der Waals surface area contributed by atoms with Gasteiger partial charge < -0.3 is 15.5 Å². The van der Waals surface area contributed by atoms with Crippen LogP contribution in [-0.2, 0) is 13.1 Å². The van der Waals surface area contributed by atoms with Gasteiger partial charge in [-0.2, -0.15) is 0 Å². The van der Waals surface area contributed by atoms with Crippen molar-refractivity contribution in [3.05, 3.63) is 59.7 Å². The van der Waals surface area contributed by atoms with Gasteiger partial charge in [0.25, 0.3) is 0 Å². The maximum atomic E-state index is 9.87. The molecule has 3 N–H and O–H groups in total. The highest BCUT2D eigenvalue weighted by atomic mass is 16.3. The molecule has 0 spiro atoms. The fourth-order valence-electron chi connectivity index (χ4n) is 3.00. The molecule has 0 unspecified atom stereocenters. The number of aliphatic hydroxyl groups is 1. The normalized spacial score (nSPS) is 16.4. The average Bonchev–Trinajstić information content (AvgIpc) is 2.57. The molecule has 3 rings (SSSR count). The quantitative estimate of drug-likeness (QED) is 0.794. The number of phenolic OH excluding ortho intramolecular Hbond substituents is 1. The lowest BCUT2D eigenvalue weighted by Crippen LogP contribution is -2.35. The minimum Gasteiger partial charge on any atom is -0.508 e.